The number of thiophene rings is 1. The zero-order valence-electron chi connectivity index (χ0n) is 18.4. The molecule has 0 saturated carbocycles. The lowest BCUT2D eigenvalue weighted by atomic mass is 10.0. The molecule has 1 heterocycles. The van der Waals surface area contributed by atoms with E-state index in [1.165, 1.54) is 42.6 Å². The van der Waals surface area contributed by atoms with Crippen molar-refractivity contribution in [3.63, 3.8) is 0 Å². The first-order valence-electron chi connectivity index (χ1n) is 11.2. The smallest absolute Gasteiger partial charge is 0.0554 e. The molecule has 158 valence electrons. The van der Waals surface area contributed by atoms with Gasteiger partial charge in [-0.2, -0.15) is 0 Å². The summed E-state index contributed by atoms with van der Waals surface area (Å²) in [6.07, 6.45) is 0. The molecule has 0 aliphatic carbocycles. The van der Waals surface area contributed by atoms with Crippen molar-refractivity contribution in [2.45, 2.75) is 6.92 Å². The van der Waals surface area contributed by atoms with Crippen molar-refractivity contribution in [2.75, 3.05) is 4.90 Å². The van der Waals surface area contributed by atoms with Gasteiger partial charge >= 0.3 is 0 Å². The summed E-state index contributed by atoms with van der Waals surface area (Å²) in [6, 6.07) is 43.6. The number of anilines is 3. The minimum absolute atomic E-state index is 1.15. The normalized spacial score (nSPS) is 11.2. The van der Waals surface area contributed by atoms with E-state index in [9.17, 15) is 0 Å². The summed E-state index contributed by atoms with van der Waals surface area (Å²) >= 11 is 1.86. The van der Waals surface area contributed by atoms with Gasteiger partial charge in [-0.1, -0.05) is 84.4 Å². The Labute approximate surface area is 198 Å². The molecule has 0 radical (unpaired) electrons. The van der Waals surface area contributed by atoms with E-state index in [1.54, 1.807) is 0 Å². The molecule has 1 aromatic heterocycles. The zero-order valence-corrected chi connectivity index (χ0v) is 19.2. The first kappa shape index (κ1) is 19.8. The lowest BCUT2D eigenvalue weighted by Crippen LogP contribution is -2.10. The number of benzene rings is 5. The molecule has 0 aliphatic heterocycles. The maximum Gasteiger partial charge on any atom is 0.0554 e. The van der Waals surface area contributed by atoms with Crippen LogP contribution < -0.4 is 4.90 Å². The van der Waals surface area contributed by atoms with Crippen molar-refractivity contribution in [2.24, 2.45) is 0 Å². The average molecular weight is 442 g/mol. The van der Waals surface area contributed by atoms with Crippen molar-refractivity contribution in [3.8, 4) is 11.1 Å². The van der Waals surface area contributed by atoms with Crippen LogP contribution in [0.4, 0.5) is 17.1 Å². The fourth-order valence-corrected chi connectivity index (χ4v) is 5.62. The fraction of sp³-hybridized carbons (Fsp3) is 0.0323. The third-order valence-electron chi connectivity index (χ3n) is 6.15. The van der Waals surface area contributed by atoms with Crippen molar-refractivity contribution in [1.82, 2.24) is 0 Å². The third-order valence-corrected chi connectivity index (χ3v) is 7.28. The molecule has 0 unspecified atom stereocenters. The first-order valence-corrected chi connectivity index (χ1v) is 12.0. The Morgan fingerprint density at radius 3 is 1.88 bits per heavy atom. The molecule has 0 atom stereocenters. The van der Waals surface area contributed by atoms with E-state index in [1.807, 2.05) is 11.3 Å². The molecule has 2 heteroatoms. The molecule has 6 aromatic rings. The van der Waals surface area contributed by atoms with Gasteiger partial charge in [-0.15, -0.1) is 11.3 Å². The van der Waals surface area contributed by atoms with Crippen LogP contribution in [0.3, 0.4) is 0 Å². The van der Waals surface area contributed by atoms with E-state index < -0.39 is 0 Å². The Hall–Kier alpha value is -3.88. The second-order valence-corrected chi connectivity index (χ2v) is 9.42. The number of aryl methyl sites for hydroxylation is 1. The summed E-state index contributed by atoms with van der Waals surface area (Å²) in [7, 11) is 0. The molecule has 0 bridgehead atoms. The van der Waals surface area contributed by atoms with Crippen LogP contribution in [0.1, 0.15) is 5.56 Å². The molecule has 0 fully saturated rings. The molecule has 6 rings (SSSR count). The van der Waals surface area contributed by atoms with E-state index in [0.29, 0.717) is 0 Å². The highest BCUT2D eigenvalue weighted by atomic mass is 32.1. The van der Waals surface area contributed by atoms with E-state index in [4.69, 9.17) is 0 Å². The van der Waals surface area contributed by atoms with Crippen molar-refractivity contribution >= 4 is 48.6 Å². The van der Waals surface area contributed by atoms with Crippen molar-refractivity contribution in [3.05, 3.63) is 127 Å². The fourth-order valence-electron chi connectivity index (χ4n) is 4.50. The van der Waals surface area contributed by atoms with Gasteiger partial charge in [-0.25, -0.2) is 0 Å². The molecule has 0 spiro atoms. The molecular weight excluding hydrogens is 418 g/mol. The van der Waals surface area contributed by atoms with Gasteiger partial charge in [-0.05, 0) is 60.5 Å². The predicted molar refractivity (Wildman–Crippen MR) is 144 cm³/mol. The molecule has 33 heavy (non-hydrogen) atoms. The number of rotatable bonds is 4. The third kappa shape index (κ3) is 3.59. The van der Waals surface area contributed by atoms with Crippen LogP contribution in [-0.4, -0.2) is 0 Å². The lowest BCUT2D eigenvalue weighted by Gasteiger charge is -2.27. The van der Waals surface area contributed by atoms with Crippen LogP contribution in [0.15, 0.2) is 121 Å². The largest absolute Gasteiger partial charge is 0.310 e. The Balaban J connectivity index is 1.56. The monoisotopic (exact) mass is 441 g/mol. The topological polar surface area (TPSA) is 3.24 Å². The first-order chi connectivity index (χ1) is 16.3. The summed E-state index contributed by atoms with van der Waals surface area (Å²) in [6.45, 7) is 2.13. The summed E-state index contributed by atoms with van der Waals surface area (Å²) in [5.74, 6) is 0. The van der Waals surface area contributed by atoms with Crippen LogP contribution in [0.2, 0.25) is 0 Å². The summed E-state index contributed by atoms with van der Waals surface area (Å²) in [5, 5.41) is 2.62. The van der Waals surface area contributed by atoms with Crippen LogP contribution in [-0.2, 0) is 0 Å². The van der Waals surface area contributed by atoms with Gasteiger partial charge in [0.05, 0.1) is 5.69 Å². The van der Waals surface area contributed by atoms with Gasteiger partial charge in [0, 0.05) is 31.5 Å². The Kier molecular flexibility index (Phi) is 4.93. The van der Waals surface area contributed by atoms with E-state index >= 15 is 0 Å². The molecule has 1 nitrogen and oxygen atoms in total. The summed E-state index contributed by atoms with van der Waals surface area (Å²) < 4.78 is 2.63. The maximum absolute atomic E-state index is 2.38. The maximum atomic E-state index is 2.38. The van der Waals surface area contributed by atoms with E-state index in [2.05, 4.69) is 133 Å². The van der Waals surface area contributed by atoms with Crippen molar-refractivity contribution < 1.29 is 0 Å². The molecule has 0 N–H and O–H groups in total. The van der Waals surface area contributed by atoms with Gasteiger partial charge in [0.15, 0.2) is 0 Å². The van der Waals surface area contributed by atoms with Gasteiger partial charge in [-0.3, -0.25) is 0 Å². The quantitative estimate of drug-likeness (QED) is 0.263. The predicted octanol–water partition coefficient (Wildman–Crippen LogP) is 9.50. The van der Waals surface area contributed by atoms with Gasteiger partial charge in [0.1, 0.15) is 0 Å². The molecular formula is C31H23NS. The number of nitrogens with zero attached hydrogens (tertiary/aromatic N) is 1. The highest BCUT2D eigenvalue weighted by Gasteiger charge is 2.18. The Morgan fingerprint density at radius 1 is 0.515 bits per heavy atom. The Morgan fingerprint density at radius 2 is 1.12 bits per heavy atom. The number of hydrogen-bond donors (Lipinski definition) is 0. The summed E-state index contributed by atoms with van der Waals surface area (Å²) in [5.41, 5.74) is 7.25. The Bertz CT molecular complexity index is 1540. The van der Waals surface area contributed by atoms with Crippen LogP contribution in [0.25, 0.3) is 31.3 Å². The molecule has 5 aromatic carbocycles. The lowest BCUT2D eigenvalue weighted by molar-refractivity contribution is 1.29. The minimum atomic E-state index is 1.15. The zero-order chi connectivity index (χ0) is 22.2. The SMILES string of the molecule is Cc1ccc(N(c2ccc(-c3ccccc3)cc2)c2cccc3sc4ccccc4c23)cc1. The van der Waals surface area contributed by atoms with Gasteiger partial charge < -0.3 is 4.90 Å². The number of hydrogen-bond acceptors (Lipinski definition) is 2. The van der Waals surface area contributed by atoms with Crippen LogP contribution in [0, 0.1) is 6.92 Å². The summed E-state index contributed by atoms with van der Waals surface area (Å²) in [4.78, 5) is 2.38. The highest BCUT2D eigenvalue weighted by molar-refractivity contribution is 7.26. The van der Waals surface area contributed by atoms with Gasteiger partial charge in [0.2, 0.25) is 0 Å². The average Bonchev–Trinajstić information content (AvgIpc) is 3.26. The molecule has 0 amide bonds. The van der Waals surface area contributed by atoms with E-state index in [-0.39, 0.29) is 0 Å². The van der Waals surface area contributed by atoms with Crippen LogP contribution in [0.5, 0.6) is 0 Å². The second-order valence-electron chi connectivity index (χ2n) is 8.33. The number of fused-ring (bicyclic) bond motifs is 3. The molecule has 0 aliphatic rings. The minimum Gasteiger partial charge on any atom is -0.310 e. The van der Waals surface area contributed by atoms with Gasteiger partial charge in [0.25, 0.3) is 0 Å². The van der Waals surface area contributed by atoms with E-state index in [0.717, 1.165) is 11.4 Å². The van der Waals surface area contributed by atoms with Crippen molar-refractivity contribution in [1.29, 1.82) is 0 Å². The highest BCUT2D eigenvalue weighted by Crippen LogP contribution is 2.44. The standard InChI is InChI=1S/C31H23NS/c1-22-14-18-25(19-15-22)32(26-20-16-24(17-21-26)23-8-3-2-4-9-23)28-11-7-13-30-31(28)27-10-5-6-12-29(27)33-30/h2-21H,1H3. The molecule has 0 saturated heterocycles. The van der Waals surface area contributed by atoms with Crippen LogP contribution >= 0.6 is 11.3 Å². The second kappa shape index (κ2) is 8.23.